The number of nitro benzene ring substituents is 1. The molecule has 0 aliphatic rings. The van der Waals surface area contributed by atoms with Crippen LogP contribution < -0.4 is 5.32 Å². The zero-order valence-corrected chi connectivity index (χ0v) is 11.2. The third-order valence-electron chi connectivity index (χ3n) is 3.01. The van der Waals surface area contributed by atoms with Crippen molar-refractivity contribution in [3.05, 3.63) is 39.9 Å². The minimum atomic E-state index is -0.367. The standard InChI is InChI=1S/C14H22N2O2/c1-3-4-12(2)11-15-10-9-13-5-7-14(8-6-13)16(17)18/h5-8,12,15H,3-4,9-11H2,1-2H3. The van der Waals surface area contributed by atoms with Crippen LogP contribution in [0.3, 0.4) is 0 Å². The maximum absolute atomic E-state index is 10.5. The van der Waals surface area contributed by atoms with Gasteiger partial charge in [0.1, 0.15) is 0 Å². The quantitative estimate of drug-likeness (QED) is 0.438. The predicted octanol–water partition coefficient (Wildman–Crippen LogP) is 3.16. The molecule has 4 heteroatoms. The van der Waals surface area contributed by atoms with Gasteiger partial charge in [-0.1, -0.05) is 32.4 Å². The number of nitrogens with zero attached hydrogens (tertiary/aromatic N) is 1. The van der Waals surface area contributed by atoms with Crippen LogP contribution in [0.25, 0.3) is 0 Å². The molecule has 0 aliphatic carbocycles. The number of non-ortho nitro benzene ring substituents is 1. The van der Waals surface area contributed by atoms with Crippen molar-refractivity contribution >= 4 is 5.69 Å². The molecule has 1 aromatic carbocycles. The molecule has 1 aromatic rings. The van der Waals surface area contributed by atoms with Crippen LogP contribution in [0.2, 0.25) is 0 Å². The highest BCUT2D eigenvalue weighted by atomic mass is 16.6. The molecule has 0 aliphatic heterocycles. The van der Waals surface area contributed by atoms with Crippen LogP contribution in [-0.4, -0.2) is 18.0 Å². The first-order valence-electron chi connectivity index (χ1n) is 6.57. The first-order chi connectivity index (χ1) is 8.63. The van der Waals surface area contributed by atoms with Gasteiger partial charge in [-0.25, -0.2) is 0 Å². The average molecular weight is 250 g/mol. The predicted molar refractivity (Wildman–Crippen MR) is 73.7 cm³/mol. The zero-order chi connectivity index (χ0) is 13.4. The molecule has 1 rings (SSSR count). The molecule has 0 spiro atoms. The summed E-state index contributed by atoms with van der Waals surface area (Å²) in [6, 6.07) is 6.79. The fourth-order valence-electron chi connectivity index (χ4n) is 1.96. The van der Waals surface area contributed by atoms with E-state index in [1.54, 1.807) is 12.1 Å². The highest BCUT2D eigenvalue weighted by Crippen LogP contribution is 2.12. The molecule has 0 amide bonds. The van der Waals surface area contributed by atoms with Crippen LogP contribution in [-0.2, 0) is 6.42 Å². The Hall–Kier alpha value is -1.42. The van der Waals surface area contributed by atoms with Gasteiger partial charge in [-0.05, 0) is 37.4 Å². The summed E-state index contributed by atoms with van der Waals surface area (Å²) in [7, 11) is 0. The van der Waals surface area contributed by atoms with Gasteiger partial charge in [0.25, 0.3) is 5.69 Å². The Morgan fingerprint density at radius 3 is 2.56 bits per heavy atom. The molecule has 1 unspecified atom stereocenters. The number of nitrogens with one attached hydrogen (secondary N) is 1. The molecule has 0 saturated heterocycles. The Labute approximate surface area is 109 Å². The molecule has 0 heterocycles. The van der Waals surface area contributed by atoms with E-state index in [4.69, 9.17) is 0 Å². The number of hydrogen-bond acceptors (Lipinski definition) is 3. The minimum Gasteiger partial charge on any atom is -0.316 e. The topological polar surface area (TPSA) is 55.2 Å². The van der Waals surface area contributed by atoms with Crippen LogP contribution in [0.4, 0.5) is 5.69 Å². The molecule has 0 bridgehead atoms. The third kappa shape index (κ3) is 5.27. The van der Waals surface area contributed by atoms with E-state index in [9.17, 15) is 10.1 Å². The van der Waals surface area contributed by atoms with Crippen molar-refractivity contribution in [2.24, 2.45) is 5.92 Å². The highest BCUT2D eigenvalue weighted by molar-refractivity contribution is 5.32. The fourth-order valence-corrected chi connectivity index (χ4v) is 1.96. The summed E-state index contributed by atoms with van der Waals surface area (Å²) in [6.07, 6.45) is 3.40. The SMILES string of the molecule is CCCC(C)CNCCc1ccc([N+](=O)[O-])cc1. The zero-order valence-electron chi connectivity index (χ0n) is 11.2. The van der Waals surface area contributed by atoms with Crippen molar-refractivity contribution in [2.75, 3.05) is 13.1 Å². The smallest absolute Gasteiger partial charge is 0.269 e. The first-order valence-corrected chi connectivity index (χ1v) is 6.57. The summed E-state index contributed by atoms with van der Waals surface area (Å²) in [5.41, 5.74) is 1.29. The van der Waals surface area contributed by atoms with Gasteiger partial charge in [-0.2, -0.15) is 0 Å². The number of hydrogen-bond donors (Lipinski definition) is 1. The van der Waals surface area contributed by atoms with Gasteiger partial charge in [0.2, 0.25) is 0 Å². The Morgan fingerprint density at radius 2 is 2.00 bits per heavy atom. The lowest BCUT2D eigenvalue weighted by molar-refractivity contribution is -0.384. The van der Waals surface area contributed by atoms with Crippen LogP contribution in [0, 0.1) is 16.0 Å². The second kappa shape index (κ2) is 7.82. The van der Waals surface area contributed by atoms with Gasteiger partial charge in [0, 0.05) is 12.1 Å². The first kappa shape index (κ1) is 14.6. The molecular weight excluding hydrogens is 228 g/mol. The molecule has 0 aromatic heterocycles. The highest BCUT2D eigenvalue weighted by Gasteiger charge is 2.04. The van der Waals surface area contributed by atoms with Crippen LogP contribution >= 0.6 is 0 Å². The number of rotatable bonds is 8. The molecule has 0 fully saturated rings. The van der Waals surface area contributed by atoms with Gasteiger partial charge in [-0.15, -0.1) is 0 Å². The molecule has 18 heavy (non-hydrogen) atoms. The van der Waals surface area contributed by atoms with E-state index in [0.29, 0.717) is 5.92 Å². The summed E-state index contributed by atoms with van der Waals surface area (Å²) in [5, 5.41) is 13.9. The van der Waals surface area contributed by atoms with E-state index in [1.165, 1.54) is 12.8 Å². The summed E-state index contributed by atoms with van der Waals surface area (Å²) in [6.45, 7) is 6.42. The lowest BCUT2D eigenvalue weighted by atomic mass is 10.1. The monoisotopic (exact) mass is 250 g/mol. The number of benzene rings is 1. The van der Waals surface area contributed by atoms with E-state index in [2.05, 4.69) is 19.2 Å². The summed E-state index contributed by atoms with van der Waals surface area (Å²) < 4.78 is 0. The van der Waals surface area contributed by atoms with Gasteiger partial charge in [0.05, 0.1) is 4.92 Å². The van der Waals surface area contributed by atoms with Crippen LogP contribution in [0.15, 0.2) is 24.3 Å². The molecule has 1 N–H and O–H groups in total. The molecule has 100 valence electrons. The maximum atomic E-state index is 10.5. The molecule has 1 atom stereocenters. The van der Waals surface area contributed by atoms with Gasteiger partial charge in [0.15, 0.2) is 0 Å². The van der Waals surface area contributed by atoms with Gasteiger partial charge < -0.3 is 5.32 Å². The van der Waals surface area contributed by atoms with Crippen molar-refractivity contribution in [1.82, 2.24) is 5.32 Å². The third-order valence-corrected chi connectivity index (χ3v) is 3.01. The summed E-state index contributed by atoms with van der Waals surface area (Å²) in [5.74, 6) is 0.715. The second-order valence-corrected chi connectivity index (χ2v) is 4.77. The van der Waals surface area contributed by atoms with E-state index in [-0.39, 0.29) is 10.6 Å². The Morgan fingerprint density at radius 1 is 1.33 bits per heavy atom. The molecule has 4 nitrogen and oxygen atoms in total. The van der Waals surface area contributed by atoms with Gasteiger partial charge in [-0.3, -0.25) is 10.1 Å². The van der Waals surface area contributed by atoms with Gasteiger partial charge >= 0.3 is 0 Å². The molecular formula is C14H22N2O2. The Bertz CT molecular complexity index is 363. The number of nitro groups is 1. The fraction of sp³-hybridized carbons (Fsp3) is 0.571. The largest absolute Gasteiger partial charge is 0.316 e. The van der Waals surface area contributed by atoms with Crippen molar-refractivity contribution in [3.8, 4) is 0 Å². The van der Waals surface area contributed by atoms with E-state index in [0.717, 1.165) is 25.1 Å². The molecule has 0 saturated carbocycles. The minimum absolute atomic E-state index is 0.156. The molecule has 0 radical (unpaired) electrons. The lowest BCUT2D eigenvalue weighted by Crippen LogP contribution is -2.23. The van der Waals surface area contributed by atoms with E-state index < -0.39 is 0 Å². The summed E-state index contributed by atoms with van der Waals surface area (Å²) >= 11 is 0. The Kier molecular flexibility index (Phi) is 6.36. The van der Waals surface area contributed by atoms with Crippen LogP contribution in [0.5, 0.6) is 0 Å². The normalized spacial score (nSPS) is 12.3. The van der Waals surface area contributed by atoms with Crippen LogP contribution in [0.1, 0.15) is 32.3 Å². The summed E-state index contributed by atoms with van der Waals surface area (Å²) in [4.78, 5) is 10.1. The Balaban J connectivity index is 2.25. The second-order valence-electron chi connectivity index (χ2n) is 4.77. The van der Waals surface area contributed by atoms with Crippen molar-refractivity contribution in [3.63, 3.8) is 0 Å². The average Bonchev–Trinajstić information content (AvgIpc) is 2.35. The lowest BCUT2D eigenvalue weighted by Gasteiger charge is -2.11. The maximum Gasteiger partial charge on any atom is 0.269 e. The van der Waals surface area contributed by atoms with E-state index in [1.807, 2.05) is 12.1 Å². The van der Waals surface area contributed by atoms with Crippen molar-refractivity contribution in [1.29, 1.82) is 0 Å². The van der Waals surface area contributed by atoms with Crippen molar-refractivity contribution in [2.45, 2.75) is 33.1 Å². The van der Waals surface area contributed by atoms with E-state index >= 15 is 0 Å². The van der Waals surface area contributed by atoms with Crippen molar-refractivity contribution < 1.29 is 4.92 Å².